The molecule has 2 aromatic rings. The number of nitrogens with one attached hydrogen (secondary N) is 1. The van der Waals surface area contributed by atoms with Gasteiger partial charge in [0.05, 0.1) is 5.56 Å². The van der Waals surface area contributed by atoms with Gasteiger partial charge in [-0.05, 0) is 50.3 Å². The molecule has 0 saturated heterocycles. The van der Waals surface area contributed by atoms with E-state index in [4.69, 9.17) is 14.2 Å². The third kappa shape index (κ3) is 4.15. The van der Waals surface area contributed by atoms with E-state index in [-0.39, 0.29) is 18.1 Å². The van der Waals surface area contributed by atoms with E-state index < -0.39 is 0 Å². The molecule has 2 heterocycles. The summed E-state index contributed by atoms with van der Waals surface area (Å²) in [5, 5.41) is 3.13. The minimum Gasteiger partial charge on any atom is -0.486 e. The van der Waals surface area contributed by atoms with Crippen molar-refractivity contribution < 1.29 is 19.0 Å². The number of nitrogens with zero attached hydrogens (tertiary/aromatic N) is 1. The summed E-state index contributed by atoms with van der Waals surface area (Å²) in [5.74, 6) is 1.74. The van der Waals surface area contributed by atoms with Crippen molar-refractivity contribution in [1.82, 2.24) is 10.3 Å². The van der Waals surface area contributed by atoms with E-state index in [1.54, 1.807) is 6.07 Å². The van der Waals surface area contributed by atoms with E-state index in [9.17, 15) is 4.79 Å². The molecule has 6 heteroatoms. The Morgan fingerprint density at radius 1 is 1.11 bits per heavy atom. The van der Waals surface area contributed by atoms with Crippen LogP contribution in [-0.4, -0.2) is 36.3 Å². The summed E-state index contributed by atoms with van der Waals surface area (Å²) in [6.07, 6.45) is 5.52. The third-order valence-corrected chi connectivity index (χ3v) is 4.99. The lowest BCUT2D eigenvalue weighted by molar-refractivity contribution is 0.0880. The molecule has 1 aromatic heterocycles. The summed E-state index contributed by atoms with van der Waals surface area (Å²) in [6, 6.07) is 9.48. The first-order chi connectivity index (χ1) is 13.2. The first-order valence-corrected chi connectivity index (χ1v) is 9.48. The Hall–Kier alpha value is -2.76. The van der Waals surface area contributed by atoms with Crippen LogP contribution in [0.2, 0.25) is 0 Å². The van der Waals surface area contributed by atoms with Crippen molar-refractivity contribution >= 4 is 5.91 Å². The molecule has 0 atom stereocenters. The van der Waals surface area contributed by atoms with Gasteiger partial charge in [-0.1, -0.05) is 12.1 Å². The van der Waals surface area contributed by atoms with Gasteiger partial charge in [0.1, 0.15) is 19.3 Å². The SMILES string of the molecule is Cc1ccc(OC2CCC(NC(=O)c3cccc4c3OCCO4)CC2)nc1. The maximum absolute atomic E-state index is 12.7. The van der Waals surface area contributed by atoms with Crippen LogP contribution in [0.15, 0.2) is 36.5 Å². The molecule has 1 amide bonds. The standard InChI is InChI=1S/C21H24N2O4/c1-14-5-10-19(22-13-14)27-16-8-6-15(7-9-16)23-21(24)17-3-2-4-18-20(17)26-12-11-25-18/h2-5,10,13,15-16H,6-9,11-12H2,1H3,(H,23,24). The van der Waals surface area contributed by atoms with Gasteiger partial charge in [-0.25, -0.2) is 4.98 Å². The molecule has 0 radical (unpaired) electrons. The second-order valence-electron chi connectivity index (χ2n) is 7.07. The molecular weight excluding hydrogens is 344 g/mol. The summed E-state index contributed by atoms with van der Waals surface area (Å²) in [7, 11) is 0. The minimum atomic E-state index is -0.109. The topological polar surface area (TPSA) is 69.7 Å². The second kappa shape index (κ2) is 7.86. The smallest absolute Gasteiger partial charge is 0.255 e. The Morgan fingerprint density at radius 3 is 2.70 bits per heavy atom. The molecule has 142 valence electrons. The normalized spacial score (nSPS) is 21.4. The number of carbonyl (C=O) groups excluding carboxylic acids is 1. The molecule has 1 saturated carbocycles. The van der Waals surface area contributed by atoms with Crippen molar-refractivity contribution in [3.8, 4) is 17.4 Å². The van der Waals surface area contributed by atoms with Crippen molar-refractivity contribution in [3.05, 3.63) is 47.7 Å². The van der Waals surface area contributed by atoms with E-state index in [2.05, 4.69) is 10.3 Å². The fourth-order valence-electron chi connectivity index (χ4n) is 3.54. The zero-order valence-electron chi connectivity index (χ0n) is 15.4. The zero-order chi connectivity index (χ0) is 18.6. The molecule has 27 heavy (non-hydrogen) atoms. The predicted molar refractivity (Wildman–Crippen MR) is 101 cm³/mol. The average Bonchev–Trinajstić information content (AvgIpc) is 2.71. The molecule has 1 aliphatic heterocycles. The number of aryl methyl sites for hydroxylation is 1. The van der Waals surface area contributed by atoms with Crippen LogP contribution in [0.5, 0.6) is 17.4 Å². The number of aromatic nitrogens is 1. The number of benzene rings is 1. The quantitative estimate of drug-likeness (QED) is 0.897. The highest BCUT2D eigenvalue weighted by atomic mass is 16.6. The van der Waals surface area contributed by atoms with Gasteiger partial charge in [0, 0.05) is 18.3 Å². The second-order valence-corrected chi connectivity index (χ2v) is 7.07. The van der Waals surface area contributed by atoms with Gasteiger partial charge < -0.3 is 19.5 Å². The van der Waals surface area contributed by atoms with Gasteiger partial charge in [-0.15, -0.1) is 0 Å². The largest absolute Gasteiger partial charge is 0.486 e. The lowest BCUT2D eigenvalue weighted by Gasteiger charge is -2.29. The highest BCUT2D eigenvalue weighted by Crippen LogP contribution is 2.34. The van der Waals surface area contributed by atoms with E-state index >= 15 is 0 Å². The number of hydrogen-bond acceptors (Lipinski definition) is 5. The van der Waals surface area contributed by atoms with Gasteiger partial charge in [0.2, 0.25) is 5.88 Å². The Morgan fingerprint density at radius 2 is 1.93 bits per heavy atom. The first kappa shape index (κ1) is 17.6. The summed E-state index contributed by atoms with van der Waals surface area (Å²) >= 11 is 0. The Kier molecular flexibility index (Phi) is 5.14. The van der Waals surface area contributed by atoms with Crippen molar-refractivity contribution in [2.75, 3.05) is 13.2 Å². The summed E-state index contributed by atoms with van der Waals surface area (Å²) in [5.41, 5.74) is 1.65. The number of hydrogen-bond donors (Lipinski definition) is 1. The summed E-state index contributed by atoms with van der Waals surface area (Å²) < 4.78 is 17.2. The number of rotatable bonds is 4. The Balaban J connectivity index is 1.31. The highest BCUT2D eigenvalue weighted by Gasteiger charge is 2.26. The molecule has 1 fully saturated rings. The fourth-order valence-corrected chi connectivity index (χ4v) is 3.54. The molecule has 0 spiro atoms. The lowest BCUT2D eigenvalue weighted by Crippen LogP contribution is -2.40. The van der Waals surface area contributed by atoms with Gasteiger partial charge >= 0.3 is 0 Å². The van der Waals surface area contributed by atoms with E-state index in [1.807, 2.05) is 37.4 Å². The molecule has 0 bridgehead atoms. The Bertz CT molecular complexity index is 798. The van der Waals surface area contributed by atoms with E-state index in [0.717, 1.165) is 31.2 Å². The highest BCUT2D eigenvalue weighted by molar-refractivity contribution is 5.98. The number of carbonyl (C=O) groups is 1. The van der Waals surface area contributed by atoms with Crippen molar-refractivity contribution in [2.24, 2.45) is 0 Å². The molecular formula is C21H24N2O4. The van der Waals surface area contributed by atoms with Crippen LogP contribution >= 0.6 is 0 Å². The third-order valence-electron chi connectivity index (χ3n) is 4.99. The number of para-hydroxylation sites is 1. The van der Waals surface area contributed by atoms with Gasteiger partial charge in [0.25, 0.3) is 5.91 Å². The predicted octanol–water partition coefficient (Wildman–Crippen LogP) is 3.28. The van der Waals surface area contributed by atoms with Crippen LogP contribution in [-0.2, 0) is 0 Å². The number of amides is 1. The van der Waals surface area contributed by atoms with Crippen LogP contribution in [0.25, 0.3) is 0 Å². The zero-order valence-corrected chi connectivity index (χ0v) is 15.4. The average molecular weight is 368 g/mol. The minimum absolute atomic E-state index is 0.109. The Labute approximate surface area is 158 Å². The maximum atomic E-state index is 12.7. The molecule has 6 nitrogen and oxygen atoms in total. The number of pyridine rings is 1. The van der Waals surface area contributed by atoms with Gasteiger partial charge in [0.15, 0.2) is 11.5 Å². The van der Waals surface area contributed by atoms with Crippen molar-refractivity contribution in [3.63, 3.8) is 0 Å². The van der Waals surface area contributed by atoms with E-state index in [1.165, 1.54) is 0 Å². The molecule has 1 aliphatic carbocycles. The number of fused-ring (bicyclic) bond motifs is 1. The van der Waals surface area contributed by atoms with Crippen LogP contribution in [0, 0.1) is 6.92 Å². The molecule has 1 N–H and O–H groups in total. The van der Waals surface area contributed by atoms with Crippen LogP contribution in [0.4, 0.5) is 0 Å². The van der Waals surface area contributed by atoms with Crippen LogP contribution < -0.4 is 19.5 Å². The monoisotopic (exact) mass is 368 g/mol. The lowest BCUT2D eigenvalue weighted by atomic mass is 9.92. The molecule has 1 aromatic carbocycles. The molecule has 0 unspecified atom stereocenters. The van der Waals surface area contributed by atoms with Crippen LogP contribution in [0.3, 0.4) is 0 Å². The van der Waals surface area contributed by atoms with Gasteiger partial charge in [-0.2, -0.15) is 0 Å². The summed E-state index contributed by atoms with van der Waals surface area (Å²) in [4.78, 5) is 17.0. The molecule has 4 rings (SSSR count). The number of ether oxygens (including phenoxy) is 3. The maximum Gasteiger partial charge on any atom is 0.255 e. The first-order valence-electron chi connectivity index (χ1n) is 9.48. The van der Waals surface area contributed by atoms with Crippen LogP contribution in [0.1, 0.15) is 41.6 Å². The van der Waals surface area contributed by atoms with Gasteiger partial charge in [-0.3, -0.25) is 4.79 Å². The van der Waals surface area contributed by atoms with E-state index in [0.29, 0.717) is 36.2 Å². The van der Waals surface area contributed by atoms with Crippen molar-refractivity contribution in [1.29, 1.82) is 0 Å². The molecule has 2 aliphatic rings. The summed E-state index contributed by atoms with van der Waals surface area (Å²) in [6.45, 7) is 2.98. The van der Waals surface area contributed by atoms with Crippen molar-refractivity contribution in [2.45, 2.75) is 44.8 Å². The fraction of sp³-hybridized carbons (Fsp3) is 0.429.